The largest absolute Gasteiger partial charge is 0.456 e. The molecule has 1 amide bonds. The molecule has 3 aromatic rings. The summed E-state index contributed by atoms with van der Waals surface area (Å²) in [4.78, 5) is 11.9. The van der Waals surface area contributed by atoms with E-state index in [1.807, 2.05) is 0 Å². The van der Waals surface area contributed by atoms with Crippen LogP contribution < -0.4 is 5.32 Å². The number of fused-ring (bicyclic) bond motifs is 1. The van der Waals surface area contributed by atoms with Crippen LogP contribution in [0.15, 0.2) is 34.9 Å². The lowest BCUT2D eigenvalue weighted by atomic mass is 10.3. The predicted molar refractivity (Wildman–Crippen MR) is 72.6 cm³/mol. The number of nitrogens with zero attached hydrogens (tertiary/aromatic N) is 3. The molecule has 0 aromatic carbocycles. The first-order valence-corrected chi connectivity index (χ1v) is 6.60. The van der Waals surface area contributed by atoms with E-state index in [0.717, 1.165) is 12.3 Å². The molecule has 23 heavy (non-hydrogen) atoms. The maximum atomic E-state index is 12.8. The highest BCUT2D eigenvalue weighted by atomic mass is 19.4. The van der Waals surface area contributed by atoms with Gasteiger partial charge in [-0.25, -0.2) is 0 Å². The third-order valence-corrected chi connectivity index (χ3v) is 3.17. The average molecular weight is 324 g/mol. The van der Waals surface area contributed by atoms with Crippen molar-refractivity contribution >= 4 is 11.6 Å². The van der Waals surface area contributed by atoms with Crippen molar-refractivity contribution in [1.82, 2.24) is 19.9 Å². The predicted octanol–water partition coefficient (Wildman–Crippen LogP) is 2.58. The van der Waals surface area contributed by atoms with E-state index in [0.29, 0.717) is 5.76 Å². The van der Waals surface area contributed by atoms with Gasteiger partial charge in [0.05, 0.1) is 12.1 Å². The zero-order valence-corrected chi connectivity index (χ0v) is 11.9. The number of pyridine rings is 1. The van der Waals surface area contributed by atoms with Crippen LogP contribution in [0.4, 0.5) is 13.2 Å². The molecule has 0 atom stereocenters. The zero-order chi connectivity index (χ0) is 16.6. The lowest BCUT2D eigenvalue weighted by Crippen LogP contribution is -2.23. The van der Waals surface area contributed by atoms with Crippen LogP contribution in [0.1, 0.15) is 27.7 Å². The van der Waals surface area contributed by atoms with Gasteiger partial charge in [0, 0.05) is 6.20 Å². The number of carbonyl (C=O) groups is 1. The van der Waals surface area contributed by atoms with E-state index < -0.39 is 17.6 Å². The molecular weight excluding hydrogens is 313 g/mol. The quantitative estimate of drug-likeness (QED) is 0.804. The molecule has 9 heteroatoms. The minimum Gasteiger partial charge on any atom is -0.456 e. The van der Waals surface area contributed by atoms with Crippen molar-refractivity contribution in [3.63, 3.8) is 0 Å². The van der Waals surface area contributed by atoms with Gasteiger partial charge in [-0.05, 0) is 31.2 Å². The molecule has 0 aliphatic rings. The lowest BCUT2D eigenvalue weighted by molar-refractivity contribution is -0.137. The zero-order valence-electron chi connectivity index (χ0n) is 11.9. The third-order valence-electron chi connectivity index (χ3n) is 3.17. The number of nitrogens with one attached hydrogen (secondary N) is 1. The fourth-order valence-corrected chi connectivity index (χ4v) is 2.03. The van der Waals surface area contributed by atoms with Gasteiger partial charge < -0.3 is 9.73 Å². The summed E-state index contributed by atoms with van der Waals surface area (Å²) in [6.07, 6.45) is -3.57. The highest BCUT2D eigenvalue weighted by molar-refractivity contribution is 5.91. The Morgan fingerprint density at radius 3 is 2.70 bits per heavy atom. The first-order valence-electron chi connectivity index (χ1n) is 6.60. The molecule has 3 heterocycles. The lowest BCUT2D eigenvalue weighted by Gasteiger charge is -2.07. The third kappa shape index (κ3) is 3.03. The number of aromatic nitrogens is 3. The number of halogens is 3. The number of furan rings is 1. The van der Waals surface area contributed by atoms with Gasteiger partial charge in [0.1, 0.15) is 5.76 Å². The summed E-state index contributed by atoms with van der Waals surface area (Å²) in [5.41, 5.74) is -0.560. The van der Waals surface area contributed by atoms with E-state index in [4.69, 9.17) is 4.42 Å². The molecule has 1 N–H and O–H groups in total. The molecule has 0 bridgehead atoms. The van der Waals surface area contributed by atoms with Crippen molar-refractivity contribution in [3.05, 3.63) is 53.4 Å². The van der Waals surface area contributed by atoms with Crippen LogP contribution in [0.25, 0.3) is 5.65 Å². The molecule has 120 valence electrons. The molecule has 3 aromatic heterocycles. The maximum absolute atomic E-state index is 12.8. The summed E-state index contributed by atoms with van der Waals surface area (Å²) in [5.74, 6) is 0.398. The molecule has 0 radical (unpaired) electrons. The highest BCUT2D eigenvalue weighted by Crippen LogP contribution is 2.29. The Kier molecular flexibility index (Phi) is 3.55. The molecule has 3 rings (SSSR count). The number of hydrogen-bond donors (Lipinski definition) is 1. The molecule has 0 aliphatic heterocycles. The van der Waals surface area contributed by atoms with E-state index in [9.17, 15) is 18.0 Å². The molecule has 0 saturated heterocycles. The smallest absolute Gasteiger partial charge is 0.417 e. The molecule has 0 spiro atoms. The summed E-state index contributed by atoms with van der Waals surface area (Å²) in [6.45, 7) is 1.61. The van der Waals surface area contributed by atoms with Crippen molar-refractivity contribution in [3.8, 4) is 0 Å². The van der Waals surface area contributed by atoms with E-state index in [1.165, 1.54) is 16.5 Å². The number of amides is 1. The summed E-state index contributed by atoms with van der Waals surface area (Å²) in [7, 11) is 0. The van der Waals surface area contributed by atoms with Gasteiger partial charge in [-0.2, -0.15) is 13.2 Å². The van der Waals surface area contributed by atoms with Crippen LogP contribution >= 0.6 is 0 Å². The molecule has 0 saturated carbocycles. The van der Waals surface area contributed by atoms with Gasteiger partial charge in [-0.3, -0.25) is 9.20 Å². The summed E-state index contributed by atoms with van der Waals surface area (Å²) in [6, 6.07) is 5.29. The van der Waals surface area contributed by atoms with Crippen molar-refractivity contribution in [2.45, 2.75) is 19.6 Å². The summed E-state index contributed by atoms with van der Waals surface area (Å²) >= 11 is 0. The molecule has 0 aliphatic carbocycles. The Bertz CT molecular complexity index is 866. The number of aryl methyl sites for hydroxylation is 1. The van der Waals surface area contributed by atoms with Crippen LogP contribution in [-0.4, -0.2) is 20.5 Å². The summed E-state index contributed by atoms with van der Waals surface area (Å²) in [5, 5.41) is 10.1. The normalized spacial score (nSPS) is 11.8. The minimum atomic E-state index is -4.47. The van der Waals surface area contributed by atoms with Gasteiger partial charge in [0.25, 0.3) is 5.91 Å². The van der Waals surface area contributed by atoms with E-state index >= 15 is 0 Å². The molecule has 6 nitrogen and oxygen atoms in total. The second-order valence-corrected chi connectivity index (χ2v) is 4.85. The second-order valence-electron chi connectivity index (χ2n) is 4.85. The Balaban J connectivity index is 1.81. The SMILES string of the molecule is Cc1ccc(C(=O)NCc2nnc3ccc(C(F)(F)F)cn23)o1. The van der Waals surface area contributed by atoms with Crippen molar-refractivity contribution in [2.75, 3.05) is 0 Å². The first-order chi connectivity index (χ1) is 10.8. The van der Waals surface area contributed by atoms with Crippen LogP contribution in [0.2, 0.25) is 0 Å². The topological polar surface area (TPSA) is 72.4 Å². The highest BCUT2D eigenvalue weighted by Gasteiger charge is 2.31. The van der Waals surface area contributed by atoms with Gasteiger partial charge >= 0.3 is 6.18 Å². The molecule has 0 unspecified atom stereocenters. The van der Waals surface area contributed by atoms with E-state index in [1.54, 1.807) is 13.0 Å². The first kappa shape index (κ1) is 15.1. The van der Waals surface area contributed by atoms with Gasteiger partial charge in [0.15, 0.2) is 17.2 Å². The van der Waals surface area contributed by atoms with Gasteiger partial charge in [0.2, 0.25) is 0 Å². The fraction of sp³-hybridized carbons (Fsp3) is 0.214. The number of rotatable bonds is 3. The number of carbonyl (C=O) groups excluding carboxylic acids is 1. The fourth-order valence-electron chi connectivity index (χ4n) is 2.03. The van der Waals surface area contributed by atoms with Crippen LogP contribution in [0.3, 0.4) is 0 Å². The van der Waals surface area contributed by atoms with Crippen molar-refractivity contribution in [2.24, 2.45) is 0 Å². The Hall–Kier alpha value is -2.84. The average Bonchev–Trinajstić information content (AvgIpc) is 3.09. The van der Waals surface area contributed by atoms with Crippen molar-refractivity contribution in [1.29, 1.82) is 0 Å². The monoisotopic (exact) mass is 324 g/mol. The number of alkyl halides is 3. The van der Waals surface area contributed by atoms with Crippen LogP contribution in [0.5, 0.6) is 0 Å². The standard InChI is InChI=1S/C14H11F3N4O2/c1-8-2-4-10(23-8)13(22)18-6-12-20-19-11-5-3-9(7-21(11)12)14(15,16)17/h2-5,7H,6H2,1H3,(H,18,22). The Morgan fingerprint density at radius 2 is 2.04 bits per heavy atom. The number of hydrogen-bond acceptors (Lipinski definition) is 4. The Labute approximate surface area is 127 Å². The van der Waals surface area contributed by atoms with Gasteiger partial charge in [-0.1, -0.05) is 0 Å². The van der Waals surface area contributed by atoms with E-state index in [-0.39, 0.29) is 23.8 Å². The summed E-state index contributed by atoms with van der Waals surface area (Å²) < 4.78 is 44.6. The van der Waals surface area contributed by atoms with Crippen LogP contribution in [-0.2, 0) is 12.7 Å². The minimum absolute atomic E-state index is 0.0823. The van der Waals surface area contributed by atoms with Crippen LogP contribution in [0, 0.1) is 6.92 Å². The molecule has 0 fully saturated rings. The van der Waals surface area contributed by atoms with E-state index in [2.05, 4.69) is 15.5 Å². The second kappa shape index (κ2) is 5.41. The Morgan fingerprint density at radius 1 is 1.26 bits per heavy atom. The maximum Gasteiger partial charge on any atom is 0.417 e. The molecular formula is C14H11F3N4O2. The van der Waals surface area contributed by atoms with Crippen molar-refractivity contribution < 1.29 is 22.4 Å². The van der Waals surface area contributed by atoms with Gasteiger partial charge in [-0.15, -0.1) is 10.2 Å².